The Balaban J connectivity index is -0.000000246. The van der Waals surface area contributed by atoms with Crippen LogP contribution >= 0.6 is 0 Å². The molecule has 0 saturated carbocycles. The van der Waals surface area contributed by atoms with E-state index in [-0.39, 0.29) is 14.6 Å². The van der Waals surface area contributed by atoms with Crippen LogP contribution in [0, 0.1) is 23.7 Å². The summed E-state index contributed by atoms with van der Waals surface area (Å²) in [5, 5.41) is 0. The average Bonchev–Trinajstić information content (AvgIpc) is 2.65. The highest BCUT2D eigenvalue weighted by Crippen LogP contribution is 2.27. The molecule has 0 spiro atoms. The molecule has 1 fully saturated rings. The topological polar surface area (TPSA) is 44.2 Å². The Bertz CT molecular complexity index is 247. The Kier molecular flexibility index (Phi) is 17.4. The summed E-state index contributed by atoms with van der Waals surface area (Å²) in [5.74, 6) is 7.56. The predicted molar refractivity (Wildman–Crippen MR) is 86.7 cm³/mol. The van der Waals surface area contributed by atoms with Crippen LogP contribution in [0.15, 0.2) is 0 Å². The van der Waals surface area contributed by atoms with Gasteiger partial charge in [-0.1, -0.05) is 34.6 Å². The number of rotatable bonds is 2. The van der Waals surface area contributed by atoms with Crippen molar-refractivity contribution in [3.63, 3.8) is 0 Å². The molecule has 0 aromatic heterocycles. The fourth-order valence-corrected chi connectivity index (χ4v) is 2.04. The van der Waals surface area contributed by atoms with Crippen LogP contribution in [0.1, 0.15) is 67.2 Å². The number of hydrogen-bond donors (Lipinski definition) is 1. The Morgan fingerprint density at radius 2 is 1.79 bits per heavy atom. The van der Waals surface area contributed by atoms with E-state index in [9.17, 15) is 0 Å². The predicted octanol–water partition coefficient (Wildman–Crippen LogP) is 4.44. The first kappa shape index (κ1) is 23.6. The van der Waals surface area contributed by atoms with Gasteiger partial charge in [0.15, 0.2) is 0 Å². The molecule has 1 aliphatic heterocycles. The Labute approximate surface area is 123 Å². The van der Waals surface area contributed by atoms with Gasteiger partial charge in [0.05, 0.1) is 12.2 Å². The summed E-state index contributed by atoms with van der Waals surface area (Å²) in [4.78, 5) is 0. The fourth-order valence-electron chi connectivity index (χ4n) is 2.04. The minimum absolute atomic E-state index is 0. The molecule has 1 aliphatic rings. The minimum atomic E-state index is 0. The second-order valence-corrected chi connectivity index (χ2v) is 5.09. The van der Waals surface area contributed by atoms with Gasteiger partial charge in [0.1, 0.15) is 0 Å². The molecule has 0 aliphatic carbocycles. The third-order valence-corrected chi connectivity index (χ3v) is 3.29. The lowest BCUT2D eigenvalue weighted by atomic mass is 10.0. The second kappa shape index (κ2) is 14.0. The van der Waals surface area contributed by atoms with Crippen molar-refractivity contribution in [1.82, 2.24) is 6.15 Å². The number of ether oxygens (including phenoxy) is 1. The Morgan fingerprint density at radius 3 is 2.05 bits per heavy atom. The van der Waals surface area contributed by atoms with Crippen LogP contribution in [0.4, 0.5) is 0 Å². The van der Waals surface area contributed by atoms with Gasteiger partial charge in [-0.2, -0.15) is 0 Å². The molecule has 1 saturated heterocycles. The molecule has 0 aromatic carbocycles. The van der Waals surface area contributed by atoms with Gasteiger partial charge in [0.25, 0.3) is 0 Å². The van der Waals surface area contributed by atoms with Crippen molar-refractivity contribution in [2.75, 3.05) is 0 Å². The van der Waals surface area contributed by atoms with E-state index in [1.54, 1.807) is 0 Å². The smallest absolute Gasteiger partial charge is 0.0602 e. The first-order valence-electron chi connectivity index (χ1n) is 7.18. The lowest BCUT2D eigenvalue weighted by molar-refractivity contribution is 0.0438. The SMILES string of the molecule is CCC#CC(C)CC.CCC1OC(C)CC1C.N.[B]. The van der Waals surface area contributed by atoms with E-state index in [1.807, 2.05) is 0 Å². The lowest BCUT2D eigenvalue weighted by Crippen LogP contribution is -2.11. The van der Waals surface area contributed by atoms with E-state index in [1.165, 1.54) is 19.3 Å². The molecule has 0 amide bonds. The molecule has 0 bridgehead atoms. The van der Waals surface area contributed by atoms with Crippen molar-refractivity contribution < 1.29 is 4.74 Å². The molecule has 1 rings (SSSR count). The quantitative estimate of drug-likeness (QED) is 0.593. The van der Waals surface area contributed by atoms with Gasteiger partial charge in [-0.05, 0) is 32.1 Å². The zero-order valence-corrected chi connectivity index (χ0v) is 13.8. The fraction of sp³-hybridized carbons (Fsp3) is 0.875. The highest BCUT2D eigenvalue weighted by molar-refractivity contribution is 5.75. The molecule has 19 heavy (non-hydrogen) atoms. The normalized spacial score (nSPS) is 25.7. The molecule has 3 radical (unpaired) electrons. The van der Waals surface area contributed by atoms with Crippen molar-refractivity contribution in [3.05, 3.63) is 0 Å². The summed E-state index contributed by atoms with van der Waals surface area (Å²) >= 11 is 0. The molecule has 111 valence electrons. The van der Waals surface area contributed by atoms with E-state index in [0.29, 0.717) is 18.1 Å². The van der Waals surface area contributed by atoms with Gasteiger partial charge in [-0.15, -0.1) is 11.8 Å². The molecule has 4 atom stereocenters. The summed E-state index contributed by atoms with van der Waals surface area (Å²) in [5.41, 5.74) is 0. The summed E-state index contributed by atoms with van der Waals surface area (Å²) < 4.78 is 5.62. The van der Waals surface area contributed by atoms with E-state index in [4.69, 9.17) is 4.74 Å². The molecule has 1 heterocycles. The summed E-state index contributed by atoms with van der Waals surface area (Å²) in [6, 6.07) is 0. The van der Waals surface area contributed by atoms with Crippen LogP contribution in [0.3, 0.4) is 0 Å². The highest BCUT2D eigenvalue weighted by atomic mass is 16.5. The third-order valence-electron chi connectivity index (χ3n) is 3.29. The Morgan fingerprint density at radius 1 is 1.21 bits per heavy atom. The molecular formula is C16H33BNO. The van der Waals surface area contributed by atoms with Crippen molar-refractivity contribution in [3.8, 4) is 11.8 Å². The largest absolute Gasteiger partial charge is 0.375 e. The summed E-state index contributed by atoms with van der Waals surface area (Å²) in [7, 11) is 0. The van der Waals surface area contributed by atoms with Gasteiger partial charge in [0, 0.05) is 20.8 Å². The van der Waals surface area contributed by atoms with Crippen molar-refractivity contribution in [2.24, 2.45) is 11.8 Å². The van der Waals surface area contributed by atoms with Crippen LogP contribution in [0.25, 0.3) is 0 Å². The van der Waals surface area contributed by atoms with E-state index in [0.717, 1.165) is 12.3 Å². The monoisotopic (exact) mass is 266 g/mol. The summed E-state index contributed by atoms with van der Waals surface area (Å²) in [6.45, 7) is 13.0. The zero-order valence-electron chi connectivity index (χ0n) is 13.8. The first-order chi connectivity index (χ1) is 8.04. The average molecular weight is 266 g/mol. The molecule has 0 aromatic rings. The lowest BCUT2D eigenvalue weighted by Gasteiger charge is -2.10. The second-order valence-electron chi connectivity index (χ2n) is 5.09. The van der Waals surface area contributed by atoms with Crippen molar-refractivity contribution in [1.29, 1.82) is 0 Å². The van der Waals surface area contributed by atoms with E-state index >= 15 is 0 Å². The Hall–Kier alpha value is -0.455. The number of hydrogen-bond acceptors (Lipinski definition) is 2. The van der Waals surface area contributed by atoms with Gasteiger partial charge in [-0.3, -0.25) is 0 Å². The zero-order chi connectivity index (χ0) is 13.3. The molecule has 4 unspecified atom stereocenters. The first-order valence-corrected chi connectivity index (χ1v) is 7.18. The van der Waals surface area contributed by atoms with Crippen LogP contribution in [-0.4, -0.2) is 20.6 Å². The molecular weight excluding hydrogens is 233 g/mol. The van der Waals surface area contributed by atoms with Crippen LogP contribution in [0.5, 0.6) is 0 Å². The van der Waals surface area contributed by atoms with Gasteiger partial charge < -0.3 is 10.9 Å². The van der Waals surface area contributed by atoms with Crippen LogP contribution < -0.4 is 6.15 Å². The highest BCUT2D eigenvalue weighted by Gasteiger charge is 2.27. The molecule has 3 N–H and O–H groups in total. The van der Waals surface area contributed by atoms with E-state index in [2.05, 4.69) is 53.4 Å². The maximum absolute atomic E-state index is 5.62. The van der Waals surface area contributed by atoms with Crippen molar-refractivity contribution >= 4 is 8.41 Å². The maximum atomic E-state index is 5.62. The standard InChI is InChI=1S/C8H16O.C8H14.B.H3N/c1-4-8-6(2)5-7(3)9-8;1-4-6-7-8(3)5-2;;/h6-8H,4-5H2,1-3H3;8H,4-5H2,1-3H3;;1H3. The van der Waals surface area contributed by atoms with Crippen molar-refractivity contribution in [2.45, 2.75) is 79.4 Å². The maximum Gasteiger partial charge on any atom is 0.0602 e. The van der Waals surface area contributed by atoms with Gasteiger partial charge in [-0.25, -0.2) is 0 Å². The van der Waals surface area contributed by atoms with Crippen LogP contribution in [0.2, 0.25) is 0 Å². The molecule has 2 nitrogen and oxygen atoms in total. The summed E-state index contributed by atoms with van der Waals surface area (Å²) in [6.07, 6.45) is 5.63. The van der Waals surface area contributed by atoms with Gasteiger partial charge in [0.2, 0.25) is 0 Å². The van der Waals surface area contributed by atoms with Crippen LogP contribution in [-0.2, 0) is 4.74 Å². The third kappa shape index (κ3) is 11.1. The molecule has 3 heteroatoms. The van der Waals surface area contributed by atoms with E-state index < -0.39 is 0 Å². The minimum Gasteiger partial charge on any atom is -0.375 e. The van der Waals surface area contributed by atoms with Gasteiger partial charge >= 0.3 is 0 Å².